The van der Waals surface area contributed by atoms with Crippen LogP contribution in [-0.2, 0) is 14.3 Å². The molecule has 0 rings (SSSR count). The molecule has 1 amide bonds. The molecule has 90 heavy (non-hydrogen) atoms. The van der Waals surface area contributed by atoms with Crippen LogP contribution in [0.25, 0.3) is 0 Å². The molecule has 0 saturated heterocycles. The van der Waals surface area contributed by atoms with E-state index in [2.05, 4.69) is 43.5 Å². The van der Waals surface area contributed by atoms with Gasteiger partial charge in [0.15, 0.2) is 0 Å². The fourth-order valence-electron chi connectivity index (χ4n) is 13.4. The van der Waals surface area contributed by atoms with Crippen LogP contribution in [0.4, 0.5) is 0 Å². The molecule has 6 heteroatoms. The zero-order valence-electron chi connectivity index (χ0n) is 61.4. The van der Waals surface area contributed by atoms with Gasteiger partial charge in [-0.1, -0.05) is 430 Å². The number of amides is 1. The number of rotatable bonds is 79. The minimum Gasteiger partial charge on any atom is -0.466 e. The van der Waals surface area contributed by atoms with E-state index in [1.807, 2.05) is 0 Å². The Morgan fingerprint density at radius 3 is 0.867 bits per heavy atom. The van der Waals surface area contributed by atoms with Gasteiger partial charge in [0.2, 0.25) is 5.91 Å². The molecule has 0 bridgehead atoms. The third-order valence-electron chi connectivity index (χ3n) is 19.8. The van der Waals surface area contributed by atoms with E-state index in [1.54, 1.807) is 0 Å². The number of ether oxygens (including phenoxy) is 1. The molecule has 0 saturated carbocycles. The third kappa shape index (κ3) is 75.4. The first-order valence-electron chi connectivity index (χ1n) is 41.6. The Morgan fingerprint density at radius 2 is 0.556 bits per heavy atom. The number of carbonyl (C=O) groups is 2. The van der Waals surface area contributed by atoms with Crippen LogP contribution in [0.15, 0.2) is 24.3 Å². The van der Waals surface area contributed by atoms with E-state index in [1.165, 1.54) is 398 Å². The lowest BCUT2D eigenvalue weighted by Crippen LogP contribution is -2.45. The summed E-state index contributed by atoms with van der Waals surface area (Å²) in [6, 6.07) is -0.538. The highest BCUT2D eigenvalue weighted by Crippen LogP contribution is 2.21. The highest BCUT2D eigenvalue weighted by Gasteiger charge is 2.20. The predicted octanol–water partition coefficient (Wildman–Crippen LogP) is 27.6. The van der Waals surface area contributed by atoms with Crippen molar-refractivity contribution in [1.82, 2.24) is 5.32 Å². The van der Waals surface area contributed by atoms with Crippen molar-refractivity contribution in [2.45, 2.75) is 488 Å². The lowest BCUT2D eigenvalue weighted by Gasteiger charge is -2.22. The number of nitrogens with one attached hydrogen (secondary N) is 1. The molecule has 0 spiro atoms. The number of esters is 1. The van der Waals surface area contributed by atoms with Crippen LogP contribution >= 0.6 is 0 Å². The standard InChI is InChI=1S/C84H163NO5/c1-3-5-7-9-11-13-15-17-19-21-40-44-48-52-56-60-64-68-72-76-82(87)81(80-86)85-83(88)77-73-69-65-61-57-53-49-45-42-38-36-34-32-30-28-26-24-23-25-27-29-31-33-35-37-39-43-47-51-55-59-63-67-71-75-79-90-84(89)78-74-70-66-62-58-54-50-46-41-22-20-18-16-14-12-10-8-6-4-2/h12,14,18,20,81-82,86-87H,3-11,13,15-17,19,21-80H2,1-2H3,(H,85,88)/b14-12-,20-18-. The van der Waals surface area contributed by atoms with Gasteiger partial charge in [0.1, 0.15) is 0 Å². The first kappa shape index (κ1) is 88.3. The summed E-state index contributed by atoms with van der Waals surface area (Å²) in [7, 11) is 0. The van der Waals surface area contributed by atoms with Crippen LogP contribution in [0.2, 0.25) is 0 Å². The zero-order valence-corrected chi connectivity index (χ0v) is 61.4. The Hall–Kier alpha value is -1.66. The van der Waals surface area contributed by atoms with Crippen molar-refractivity contribution in [3.63, 3.8) is 0 Å². The van der Waals surface area contributed by atoms with Gasteiger partial charge in [-0.2, -0.15) is 0 Å². The number of aliphatic hydroxyl groups is 2. The van der Waals surface area contributed by atoms with Gasteiger partial charge < -0.3 is 20.3 Å². The number of hydrogen-bond donors (Lipinski definition) is 3. The molecule has 6 nitrogen and oxygen atoms in total. The van der Waals surface area contributed by atoms with Crippen molar-refractivity contribution in [1.29, 1.82) is 0 Å². The quantitative estimate of drug-likeness (QED) is 0.0320. The fourth-order valence-corrected chi connectivity index (χ4v) is 13.4. The van der Waals surface area contributed by atoms with E-state index in [0.29, 0.717) is 25.9 Å². The smallest absolute Gasteiger partial charge is 0.305 e. The van der Waals surface area contributed by atoms with Crippen molar-refractivity contribution < 1.29 is 24.5 Å². The van der Waals surface area contributed by atoms with Crippen molar-refractivity contribution in [3.05, 3.63) is 24.3 Å². The van der Waals surface area contributed by atoms with Crippen LogP contribution in [0.5, 0.6) is 0 Å². The summed E-state index contributed by atoms with van der Waals surface area (Å²) >= 11 is 0. The molecule has 0 fully saturated rings. The number of allylic oxidation sites excluding steroid dienone is 4. The number of hydrogen-bond acceptors (Lipinski definition) is 5. The Kier molecular flexibility index (Phi) is 78.3. The molecular weight excluding hydrogens is 1100 g/mol. The molecule has 0 aromatic rings. The van der Waals surface area contributed by atoms with Gasteiger partial charge in [0.05, 0.1) is 25.4 Å². The summed E-state index contributed by atoms with van der Waals surface area (Å²) in [5, 5.41) is 23.4. The van der Waals surface area contributed by atoms with E-state index in [-0.39, 0.29) is 18.5 Å². The van der Waals surface area contributed by atoms with Crippen molar-refractivity contribution in [2.24, 2.45) is 0 Å². The molecule has 534 valence electrons. The fraction of sp³-hybridized carbons (Fsp3) is 0.929. The number of unbranched alkanes of at least 4 members (excludes halogenated alkanes) is 64. The summed E-state index contributed by atoms with van der Waals surface area (Å²) in [6.07, 6.45) is 103. The lowest BCUT2D eigenvalue weighted by atomic mass is 10.0. The minimum atomic E-state index is -0.661. The normalized spacial score (nSPS) is 12.5. The molecule has 0 radical (unpaired) electrons. The second kappa shape index (κ2) is 79.8. The Bertz CT molecular complexity index is 1410. The van der Waals surface area contributed by atoms with Gasteiger partial charge in [-0.15, -0.1) is 0 Å². The highest BCUT2D eigenvalue weighted by atomic mass is 16.5. The van der Waals surface area contributed by atoms with E-state index < -0.39 is 12.1 Å². The summed E-state index contributed by atoms with van der Waals surface area (Å²) in [6.45, 7) is 4.98. The average Bonchev–Trinajstić information content (AvgIpc) is 3.74. The van der Waals surface area contributed by atoms with Gasteiger partial charge in [0.25, 0.3) is 0 Å². The molecule has 3 N–H and O–H groups in total. The maximum Gasteiger partial charge on any atom is 0.305 e. The molecule has 0 aliphatic heterocycles. The monoisotopic (exact) mass is 1270 g/mol. The molecule has 0 aromatic carbocycles. The van der Waals surface area contributed by atoms with E-state index in [4.69, 9.17) is 4.74 Å². The van der Waals surface area contributed by atoms with Crippen LogP contribution in [0, 0.1) is 0 Å². The van der Waals surface area contributed by atoms with Gasteiger partial charge in [0, 0.05) is 12.8 Å². The number of aliphatic hydroxyl groups excluding tert-OH is 2. The third-order valence-corrected chi connectivity index (χ3v) is 19.8. The molecule has 2 atom stereocenters. The molecule has 0 aliphatic carbocycles. The van der Waals surface area contributed by atoms with Gasteiger partial charge in [-0.05, 0) is 57.8 Å². The van der Waals surface area contributed by atoms with E-state index >= 15 is 0 Å². The summed E-state index contributed by atoms with van der Waals surface area (Å²) in [5.74, 6) is -0.00456. The highest BCUT2D eigenvalue weighted by molar-refractivity contribution is 5.76. The van der Waals surface area contributed by atoms with Crippen LogP contribution in [-0.4, -0.2) is 47.4 Å². The van der Waals surface area contributed by atoms with Crippen molar-refractivity contribution >= 4 is 11.9 Å². The second-order valence-corrected chi connectivity index (χ2v) is 28.8. The summed E-state index contributed by atoms with van der Waals surface area (Å²) < 4.78 is 5.52. The van der Waals surface area contributed by atoms with E-state index in [0.717, 1.165) is 44.9 Å². The Morgan fingerprint density at radius 1 is 0.311 bits per heavy atom. The van der Waals surface area contributed by atoms with E-state index in [9.17, 15) is 19.8 Å². The van der Waals surface area contributed by atoms with Crippen molar-refractivity contribution in [2.75, 3.05) is 13.2 Å². The lowest BCUT2D eigenvalue weighted by molar-refractivity contribution is -0.143. The largest absolute Gasteiger partial charge is 0.466 e. The maximum absolute atomic E-state index is 12.6. The number of carbonyl (C=O) groups excluding carboxylic acids is 2. The zero-order chi connectivity index (χ0) is 64.9. The second-order valence-electron chi connectivity index (χ2n) is 28.8. The molecule has 0 heterocycles. The first-order valence-corrected chi connectivity index (χ1v) is 41.6. The average molecular weight is 1270 g/mol. The van der Waals surface area contributed by atoms with Gasteiger partial charge in [-0.25, -0.2) is 0 Å². The van der Waals surface area contributed by atoms with Crippen LogP contribution in [0.1, 0.15) is 476 Å². The summed E-state index contributed by atoms with van der Waals surface area (Å²) in [5.41, 5.74) is 0. The first-order chi connectivity index (χ1) is 44.5. The molecule has 0 aliphatic rings. The Labute approximate surface area is 564 Å². The molecular formula is C84H163NO5. The van der Waals surface area contributed by atoms with Crippen molar-refractivity contribution in [3.8, 4) is 0 Å². The van der Waals surface area contributed by atoms with Gasteiger partial charge in [-0.3, -0.25) is 9.59 Å². The predicted molar refractivity (Wildman–Crippen MR) is 398 cm³/mol. The van der Waals surface area contributed by atoms with Crippen LogP contribution < -0.4 is 5.32 Å². The Balaban J connectivity index is 3.30. The minimum absolute atomic E-state index is 0.0199. The van der Waals surface area contributed by atoms with Crippen LogP contribution in [0.3, 0.4) is 0 Å². The summed E-state index contributed by atoms with van der Waals surface area (Å²) in [4.78, 5) is 24.7. The topological polar surface area (TPSA) is 95.9 Å². The molecule has 0 aromatic heterocycles. The SMILES string of the molecule is CCCCC/C=C\C/C=C\CCCCCCCCCCCC(=O)OCCCCCCCCCCCCCCCCCCCCCCCCCCCCCCCCCCCCCC(=O)NC(CO)C(O)CCCCCCCCCCCCCCCCCCCCC. The van der Waals surface area contributed by atoms with Gasteiger partial charge >= 0.3 is 5.97 Å². The molecule has 2 unspecified atom stereocenters. The maximum atomic E-state index is 12.6.